The Morgan fingerprint density at radius 2 is 2.25 bits per heavy atom. The summed E-state index contributed by atoms with van der Waals surface area (Å²) in [7, 11) is 2.02. The van der Waals surface area contributed by atoms with Gasteiger partial charge in [0.2, 0.25) is 0 Å². The predicted molar refractivity (Wildman–Crippen MR) is 57.0 cm³/mol. The number of carboxylic acid groups (broad SMARTS) is 1. The van der Waals surface area contributed by atoms with Crippen molar-refractivity contribution in [2.75, 3.05) is 13.6 Å². The summed E-state index contributed by atoms with van der Waals surface area (Å²) in [4.78, 5) is 13.2. The van der Waals surface area contributed by atoms with Crippen LogP contribution < -0.4 is 0 Å². The molecule has 1 aromatic rings. The summed E-state index contributed by atoms with van der Waals surface area (Å²) in [5.41, 5.74) is 0. The summed E-state index contributed by atoms with van der Waals surface area (Å²) < 4.78 is 1.95. The van der Waals surface area contributed by atoms with Gasteiger partial charge in [0, 0.05) is 13.1 Å². The van der Waals surface area contributed by atoms with Crippen LogP contribution in [0.3, 0.4) is 0 Å². The molecule has 0 bridgehead atoms. The minimum Gasteiger partial charge on any atom is -0.481 e. The van der Waals surface area contributed by atoms with Gasteiger partial charge in [0.15, 0.2) is 0 Å². The minimum atomic E-state index is -0.823. The molecule has 0 radical (unpaired) electrons. The molecule has 0 aromatic carbocycles. The lowest BCUT2D eigenvalue weighted by Gasteiger charge is -2.24. The molecule has 0 fully saturated rings. The molecule has 1 unspecified atom stereocenters. The Morgan fingerprint density at radius 3 is 2.88 bits per heavy atom. The Hall–Kier alpha value is -1.43. The van der Waals surface area contributed by atoms with Crippen LogP contribution in [-0.2, 0) is 17.9 Å². The Balaban J connectivity index is 2.33. The van der Waals surface area contributed by atoms with E-state index in [1.807, 2.05) is 18.5 Å². The topological polar surface area (TPSA) is 71.2 Å². The van der Waals surface area contributed by atoms with Crippen molar-refractivity contribution < 1.29 is 9.90 Å². The van der Waals surface area contributed by atoms with Gasteiger partial charge in [-0.2, -0.15) is 0 Å². The lowest BCUT2D eigenvalue weighted by Crippen LogP contribution is -2.32. The number of hydrogen-bond acceptors (Lipinski definition) is 4. The first-order chi connectivity index (χ1) is 7.63. The summed E-state index contributed by atoms with van der Waals surface area (Å²) in [6, 6.07) is 0. The molecule has 1 atom stereocenters. The highest BCUT2D eigenvalue weighted by molar-refractivity contribution is 5.74. The number of likely N-dealkylation sites (N-methyl/N-ethyl adjacent to an activating group) is 1. The van der Waals surface area contributed by atoms with Crippen molar-refractivity contribution in [2.24, 2.45) is 0 Å². The summed E-state index contributed by atoms with van der Waals surface area (Å²) in [5, 5.41) is 17.2. The van der Waals surface area contributed by atoms with Crippen molar-refractivity contribution in [2.45, 2.75) is 32.4 Å². The second-order valence-corrected chi connectivity index (χ2v) is 4.16. The van der Waals surface area contributed by atoms with Gasteiger partial charge >= 0.3 is 5.97 Å². The number of fused-ring (bicyclic) bond motifs is 1. The van der Waals surface area contributed by atoms with Crippen LogP contribution in [0, 0.1) is 0 Å². The average molecular weight is 224 g/mol. The molecule has 2 rings (SSSR count). The SMILES string of the molecule is CCC(C(=O)O)c1nnc2n1CCN(C)C2. The molecule has 2 heterocycles. The van der Waals surface area contributed by atoms with Crippen molar-refractivity contribution >= 4 is 5.97 Å². The molecular formula is C10H16N4O2. The maximum absolute atomic E-state index is 11.1. The highest BCUT2D eigenvalue weighted by atomic mass is 16.4. The van der Waals surface area contributed by atoms with Gasteiger partial charge in [-0.25, -0.2) is 0 Å². The maximum atomic E-state index is 11.1. The maximum Gasteiger partial charge on any atom is 0.314 e. The van der Waals surface area contributed by atoms with E-state index in [9.17, 15) is 4.79 Å². The fourth-order valence-electron chi connectivity index (χ4n) is 2.03. The number of nitrogens with zero attached hydrogens (tertiary/aromatic N) is 4. The van der Waals surface area contributed by atoms with E-state index in [2.05, 4.69) is 15.1 Å². The van der Waals surface area contributed by atoms with Gasteiger partial charge in [0.05, 0.1) is 6.54 Å². The standard InChI is InChI=1S/C10H16N4O2/c1-3-7(10(15)16)9-12-11-8-6-13(2)4-5-14(8)9/h7H,3-6H2,1-2H3,(H,15,16). The summed E-state index contributed by atoms with van der Waals surface area (Å²) in [5.74, 6) is 0.0998. The van der Waals surface area contributed by atoms with Gasteiger partial charge in [-0.1, -0.05) is 6.92 Å². The molecule has 0 saturated carbocycles. The highest BCUT2D eigenvalue weighted by Gasteiger charge is 2.27. The first kappa shape index (κ1) is 11.1. The molecule has 88 valence electrons. The molecule has 0 saturated heterocycles. The Bertz CT molecular complexity index is 402. The number of aliphatic carboxylic acids is 1. The van der Waals surface area contributed by atoms with E-state index < -0.39 is 11.9 Å². The fraction of sp³-hybridized carbons (Fsp3) is 0.700. The molecule has 16 heavy (non-hydrogen) atoms. The molecule has 1 aliphatic rings. The minimum absolute atomic E-state index is 0.537. The smallest absolute Gasteiger partial charge is 0.314 e. The summed E-state index contributed by atoms with van der Waals surface area (Å²) in [6.07, 6.45) is 0.545. The highest BCUT2D eigenvalue weighted by Crippen LogP contribution is 2.21. The van der Waals surface area contributed by atoms with Crippen LogP contribution in [0.25, 0.3) is 0 Å². The molecule has 1 aromatic heterocycles. The van der Waals surface area contributed by atoms with Crippen molar-refractivity contribution in [3.05, 3.63) is 11.6 Å². The third kappa shape index (κ3) is 1.80. The normalized spacial score (nSPS) is 18.1. The molecule has 1 aliphatic heterocycles. The van der Waals surface area contributed by atoms with Gasteiger partial charge in [-0.15, -0.1) is 10.2 Å². The molecule has 0 spiro atoms. The Labute approximate surface area is 93.9 Å². The van der Waals surface area contributed by atoms with E-state index >= 15 is 0 Å². The molecule has 0 amide bonds. The van der Waals surface area contributed by atoms with Crippen LogP contribution in [0.15, 0.2) is 0 Å². The Morgan fingerprint density at radius 1 is 1.50 bits per heavy atom. The van der Waals surface area contributed by atoms with Crippen LogP contribution in [0.2, 0.25) is 0 Å². The monoisotopic (exact) mass is 224 g/mol. The van der Waals surface area contributed by atoms with Gasteiger partial charge in [-0.3, -0.25) is 9.69 Å². The van der Waals surface area contributed by atoms with Crippen molar-refractivity contribution in [1.82, 2.24) is 19.7 Å². The van der Waals surface area contributed by atoms with Crippen LogP contribution in [0.4, 0.5) is 0 Å². The van der Waals surface area contributed by atoms with E-state index in [1.54, 1.807) is 0 Å². The third-order valence-electron chi connectivity index (χ3n) is 2.99. The number of rotatable bonds is 3. The van der Waals surface area contributed by atoms with Crippen LogP contribution in [-0.4, -0.2) is 44.3 Å². The number of carboxylic acids is 1. The van der Waals surface area contributed by atoms with Gasteiger partial charge < -0.3 is 9.67 Å². The molecular weight excluding hydrogens is 208 g/mol. The van der Waals surface area contributed by atoms with Crippen LogP contribution in [0.5, 0.6) is 0 Å². The second-order valence-electron chi connectivity index (χ2n) is 4.16. The Kier molecular flexibility index (Phi) is 2.91. The largest absolute Gasteiger partial charge is 0.481 e. The van der Waals surface area contributed by atoms with Gasteiger partial charge in [-0.05, 0) is 13.5 Å². The van der Waals surface area contributed by atoms with Crippen LogP contribution in [0.1, 0.15) is 30.9 Å². The zero-order chi connectivity index (χ0) is 11.7. The van der Waals surface area contributed by atoms with Gasteiger partial charge in [0.1, 0.15) is 17.6 Å². The van der Waals surface area contributed by atoms with E-state index in [1.165, 1.54) is 0 Å². The first-order valence-corrected chi connectivity index (χ1v) is 5.46. The summed E-state index contributed by atoms with van der Waals surface area (Å²) >= 11 is 0. The predicted octanol–water partition coefficient (Wildman–Crippen LogP) is 0.302. The second kappa shape index (κ2) is 4.21. The van der Waals surface area contributed by atoms with E-state index in [0.29, 0.717) is 12.2 Å². The lowest BCUT2D eigenvalue weighted by molar-refractivity contribution is -0.139. The molecule has 6 heteroatoms. The average Bonchev–Trinajstić information content (AvgIpc) is 2.62. The third-order valence-corrected chi connectivity index (χ3v) is 2.99. The number of carbonyl (C=O) groups is 1. The zero-order valence-corrected chi connectivity index (χ0v) is 9.55. The molecule has 0 aliphatic carbocycles. The van der Waals surface area contributed by atoms with Crippen molar-refractivity contribution in [3.63, 3.8) is 0 Å². The molecule has 6 nitrogen and oxygen atoms in total. The number of hydrogen-bond donors (Lipinski definition) is 1. The van der Waals surface area contributed by atoms with Crippen LogP contribution >= 0.6 is 0 Å². The van der Waals surface area contributed by atoms with E-state index in [-0.39, 0.29) is 0 Å². The van der Waals surface area contributed by atoms with Crippen molar-refractivity contribution in [3.8, 4) is 0 Å². The van der Waals surface area contributed by atoms with E-state index in [0.717, 1.165) is 25.5 Å². The zero-order valence-electron chi connectivity index (χ0n) is 9.55. The van der Waals surface area contributed by atoms with Gasteiger partial charge in [0.25, 0.3) is 0 Å². The fourth-order valence-corrected chi connectivity index (χ4v) is 2.03. The lowest BCUT2D eigenvalue weighted by atomic mass is 10.1. The summed E-state index contributed by atoms with van der Waals surface area (Å²) in [6.45, 7) is 4.28. The molecule has 1 N–H and O–H groups in total. The van der Waals surface area contributed by atoms with E-state index in [4.69, 9.17) is 5.11 Å². The first-order valence-electron chi connectivity index (χ1n) is 5.46. The quantitative estimate of drug-likeness (QED) is 0.799. The number of aromatic nitrogens is 3. The van der Waals surface area contributed by atoms with Crippen molar-refractivity contribution in [1.29, 1.82) is 0 Å².